The van der Waals surface area contributed by atoms with E-state index in [0.29, 0.717) is 4.48 Å². The van der Waals surface area contributed by atoms with Crippen LogP contribution in [0, 0.1) is 0 Å². The van der Waals surface area contributed by atoms with Crippen molar-refractivity contribution in [2.75, 3.05) is 25.5 Å². The van der Waals surface area contributed by atoms with Gasteiger partial charge in [-0.3, -0.25) is 4.55 Å². The fraction of sp³-hybridized carbons (Fsp3) is 1.00. The van der Waals surface area contributed by atoms with E-state index >= 15 is 0 Å². The van der Waals surface area contributed by atoms with E-state index in [4.69, 9.17) is 0 Å². The van der Waals surface area contributed by atoms with Gasteiger partial charge >= 0.3 is 10.1 Å². The molecule has 0 aromatic rings. The van der Waals surface area contributed by atoms with Crippen molar-refractivity contribution in [2.45, 2.75) is 367 Å². The summed E-state index contributed by atoms with van der Waals surface area (Å²) in [5.41, 5.74) is 0. The molecule has 66 heavy (non-hydrogen) atoms. The molecule has 4 nitrogen and oxygen atoms in total. The van der Waals surface area contributed by atoms with Gasteiger partial charge in [-0.05, 0) is 38.5 Å². The van der Waals surface area contributed by atoms with Crippen LogP contribution in [0.5, 0.6) is 0 Å². The van der Waals surface area contributed by atoms with Crippen LogP contribution in [0.3, 0.4) is 0 Å². The lowest BCUT2D eigenvalue weighted by atomic mass is 10.0. The van der Waals surface area contributed by atoms with E-state index < -0.39 is 10.1 Å². The maximum absolute atomic E-state index is 12.6. The highest BCUT2D eigenvalue weighted by Crippen LogP contribution is 2.22. The zero-order valence-corrected chi connectivity index (χ0v) is 46.9. The van der Waals surface area contributed by atoms with Crippen LogP contribution >= 0.6 is 0 Å². The zero-order valence-electron chi connectivity index (χ0n) is 46.1. The fourth-order valence-corrected chi connectivity index (χ4v) is 12.0. The van der Waals surface area contributed by atoms with Crippen molar-refractivity contribution < 1.29 is 17.5 Å². The summed E-state index contributed by atoms with van der Waals surface area (Å²) in [5.74, 6) is -0.0795. The molecule has 0 rings (SSSR count). The van der Waals surface area contributed by atoms with Gasteiger partial charge in [0.15, 0.2) is 0 Å². The van der Waals surface area contributed by atoms with E-state index in [0.717, 1.165) is 38.9 Å². The van der Waals surface area contributed by atoms with Crippen LogP contribution in [0.2, 0.25) is 0 Å². The Hall–Kier alpha value is -0.130. The molecule has 0 bridgehead atoms. The Bertz CT molecular complexity index is 903. The third-order valence-corrected chi connectivity index (χ3v) is 16.3. The number of unbranched alkanes of at least 4 members (excludes halogenated alkanes) is 51. The van der Waals surface area contributed by atoms with Crippen LogP contribution in [-0.2, 0) is 10.1 Å². The molecule has 0 spiro atoms. The van der Waals surface area contributed by atoms with Gasteiger partial charge < -0.3 is 4.48 Å². The van der Waals surface area contributed by atoms with E-state index in [1.807, 2.05) is 0 Å². The van der Waals surface area contributed by atoms with Crippen LogP contribution < -0.4 is 0 Å². The zero-order chi connectivity index (χ0) is 48.0. The smallest absolute Gasteiger partial charge is 0.309 e. The molecule has 0 aliphatic carbocycles. The Kier molecular flexibility index (Phi) is 54.1. The molecule has 0 radical (unpaired) electrons. The molecule has 5 heteroatoms. The first-order chi connectivity index (χ1) is 32.4. The van der Waals surface area contributed by atoms with E-state index in [-0.39, 0.29) is 5.88 Å². The Labute approximate surface area is 418 Å². The molecule has 0 fully saturated rings. The number of rotatable bonds is 59. The van der Waals surface area contributed by atoms with Crippen molar-refractivity contribution in [1.29, 1.82) is 0 Å². The second-order valence-electron chi connectivity index (χ2n) is 22.3. The van der Waals surface area contributed by atoms with Gasteiger partial charge in [0.2, 0.25) is 5.88 Å². The van der Waals surface area contributed by atoms with Gasteiger partial charge in [0, 0.05) is 0 Å². The van der Waals surface area contributed by atoms with Gasteiger partial charge in [0.1, 0.15) is 0 Å². The maximum atomic E-state index is 12.6. The highest BCUT2D eigenvalue weighted by Gasteiger charge is 2.31. The van der Waals surface area contributed by atoms with Crippen LogP contribution in [0.4, 0.5) is 0 Å². The first-order valence-corrected chi connectivity index (χ1v) is 32.8. The fourth-order valence-electron chi connectivity index (χ4n) is 10.9. The second-order valence-corrected chi connectivity index (χ2v) is 23.7. The monoisotopic (exact) mass is 953 g/mol. The number of hydrogen-bond donors (Lipinski definition) is 1. The molecule has 0 aromatic heterocycles. The van der Waals surface area contributed by atoms with E-state index in [1.54, 1.807) is 0 Å². The van der Waals surface area contributed by atoms with Gasteiger partial charge in [-0.2, -0.15) is 8.42 Å². The molecule has 0 heterocycles. The van der Waals surface area contributed by atoms with Crippen LogP contribution in [0.1, 0.15) is 367 Å². The largest absolute Gasteiger partial charge is 0.316 e. The summed E-state index contributed by atoms with van der Waals surface area (Å²) in [6.45, 7) is 9.64. The lowest BCUT2D eigenvalue weighted by molar-refractivity contribution is -0.918. The van der Waals surface area contributed by atoms with Gasteiger partial charge in [-0.25, -0.2) is 0 Å². The summed E-state index contributed by atoms with van der Waals surface area (Å²) in [4.78, 5) is 0. The van der Waals surface area contributed by atoms with Gasteiger partial charge in [0.25, 0.3) is 0 Å². The minimum atomic E-state index is -4.03. The van der Waals surface area contributed by atoms with Crippen molar-refractivity contribution >= 4 is 10.1 Å². The normalized spacial score (nSPS) is 12.2. The molecule has 0 atom stereocenters. The quantitative estimate of drug-likeness (QED) is 0.0375. The van der Waals surface area contributed by atoms with Crippen molar-refractivity contribution in [2.24, 2.45) is 0 Å². The minimum absolute atomic E-state index is 0.0795. The molecule has 0 amide bonds. The van der Waals surface area contributed by atoms with Crippen LogP contribution in [-0.4, -0.2) is 43.0 Å². The third-order valence-electron chi connectivity index (χ3n) is 15.4. The van der Waals surface area contributed by atoms with Crippen LogP contribution in [0.15, 0.2) is 0 Å². The molecular weight excluding hydrogens is 827 g/mol. The van der Waals surface area contributed by atoms with E-state index in [2.05, 4.69) is 20.8 Å². The molecule has 0 saturated carbocycles. The summed E-state index contributed by atoms with van der Waals surface area (Å²) in [6, 6.07) is 0. The van der Waals surface area contributed by atoms with Crippen molar-refractivity contribution in [3.63, 3.8) is 0 Å². The average molecular weight is 954 g/mol. The summed E-state index contributed by atoms with van der Waals surface area (Å²) in [7, 11) is -4.03. The topological polar surface area (TPSA) is 54.4 Å². The predicted octanol–water partition coefficient (Wildman–Crippen LogP) is 21.8. The maximum Gasteiger partial charge on any atom is 0.316 e. The molecule has 0 unspecified atom stereocenters. The summed E-state index contributed by atoms with van der Waals surface area (Å²) < 4.78 is 36.0. The molecular formula is C61H126NO3S+. The summed E-state index contributed by atoms with van der Waals surface area (Å²) >= 11 is 0. The molecule has 0 aliphatic rings. The summed E-state index contributed by atoms with van der Waals surface area (Å²) in [6.07, 6.45) is 73.9. The first-order valence-electron chi connectivity index (χ1n) is 31.2. The molecule has 0 aromatic carbocycles. The Morgan fingerprint density at radius 3 is 0.470 bits per heavy atom. The molecule has 0 saturated heterocycles. The van der Waals surface area contributed by atoms with E-state index in [9.17, 15) is 13.0 Å². The van der Waals surface area contributed by atoms with Crippen molar-refractivity contribution in [3.8, 4) is 0 Å². The predicted molar refractivity (Wildman–Crippen MR) is 298 cm³/mol. The van der Waals surface area contributed by atoms with Gasteiger partial charge in [0.05, 0.1) is 19.6 Å². The third kappa shape index (κ3) is 53.2. The molecule has 0 aliphatic heterocycles. The SMILES string of the molecule is CCCCCCCCCCCCCCCCCCCC[N+](CCCCCCCCCCCCCCCCCCCC)(CCCCCCCCCCCCCCCCCCCC)CS(=O)(=O)O. The lowest BCUT2D eigenvalue weighted by Gasteiger charge is -2.38. The summed E-state index contributed by atoms with van der Waals surface area (Å²) in [5, 5.41) is 0. The van der Waals surface area contributed by atoms with Crippen LogP contribution in [0.25, 0.3) is 0 Å². The minimum Gasteiger partial charge on any atom is -0.309 e. The number of hydrogen-bond acceptors (Lipinski definition) is 2. The van der Waals surface area contributed by atoms with Gasteiger partial charge in [-0.1, -0.05) is 329 Å². The Balaban J connectivity index is 4.50. The second kappa shape index (κ2) is 54.2. The number of quaternary nitrogens is 1. The average Bonchev–Trinajstić information content (AvgIpc) is 3.30. The van der Waals surface area contributed by atoms with Crippen molar-refractivity contribution in [3.05, 3.63) is 0 Å². The van der Waals surface area contributed by atoms with Crippen molar-refractivity contribution in [1.82, 2.24) is 0 Å². The van der Waals surface area contributed by atoms with Gasteiger partial charge in [-0.15, -0.1) is 0 Å². The molecule has 398 valence electrons. The molecule has 1 N–H and O–H groups in total. The first kappa shape index (κ1) is 65.9. The highest BCUT2D eigenvalue weighted by molar-refractivity contribution is 7.85. The Morgan fingerprint density at radius 2 is 0.348 bits per heavy atom. The number of nitrogens with zero attached hydrogens (tertiary/aromatic N) is 1. The standard InChI is InChI=1S/C61H125NO3S/c1-4-7-10-13-16-19-22-25-28-31-34-37-40-43-46-49-52-55-58-62(61-66(63,64)65,59-56-53-50-47-44-41-38-35-32-29-26-23-20-17-14-11-8-5-2)60-57-54-51-48-45-42-39-36-33-30-27-24-21-18-15-12-9-6-3/h4-61H2,1-3H3/p+1. The highest BCUT2D eigenvalue weighted by atomic mass is 32.2. The lowest BCUT2D eigenvalue weighted by Crippen LogP contribution is -2.53. The Morgan fingerprint density at radius 1 is 0.227 bits per heavy atom. The van der Waals surface area contributed by atoms with E-state index in [1.165, 1.54) is 327 Å².